The highest BCUT2D eigenvalue weighted by Crippen LogP contribution is 2.29. The third-order valence-corrected chi connectivity index (χ3v) is 7.53. The van der Waals surface area contributed by atoms with Gasteiger partial charge in [-0.3, -0.25) is 14.1 Å². The normalized spacial score (nSPS) is 16.2. The van der Waals surface area contributed by atoms with Gasteiger partial charge in [-0.2, -0.15) is 0 Å². The molecule has 1 aliphatic heterocycles. The topological polar surface area (TPSA) is 58.9 Å². The minimum Gasteiger partial charge on any atom is -0.497 e. The minimum absolute atomic E-state index is 0.0301. The van der Waals surface area contributed by atoms with E-state index < -0.39 is 0 Å². The second kappa shape index (κ2) is 8.37. The fourth-order valence-electron chi connectivity index (χ4n) is 4.15. The fourth-order valence-corrected chi connectivity index (χ4v) is 5.87. The molecule has 6 nitrogen and oxygen atoms in total. The van der Waals surface area contributed by atoms with Crippen molar-refractivity contribution in [3.63, 3.8) is 0 Å². The third kappa shape index (κ3) is 3.71. The number of aromatic nitrogens is 2. The van der Waals surface area contributed by atoms with Crippen molar-refractivity contribution in [2.45, 2.75) is 25.3 Å². The van der Waals surface area contributed by atoms with Crippen LogP contribution in [0.5, 0.6) is 5.75 Å². The predicted molar refractivity (Wildman–Crippen MR) is 122 cm³/mol. The van der Waals surface area contributed by atoms with E-state index in [0.717, 1.165) is 34.1 Å². The zero-order valence-corrected chi connectivity index (χ0v) is 18.5. The number of methoxy groups -OCH3 is 1. The Labute approximate surface area is 183 Å². The number of likely N-dealkylation sites (tertiary alicyclic amines) is 1. The van der Waals surface area contributed by atoms with E-state index in [9.17, 15) is 4.79 Å². The highest BCUT2D eigenvalue weighted by Gasteiger charge is 2.24. The number of nitrogens with zero attached hydrogens (tertiary/aromatic N) is 3. The van der Waals surface area contributed by atoms with Gasteiger partial charge in [0.25, 0.3) is 5.91 Å². The predicted octanol–water partition coefficient (Wildman–Crippen LogP) is 4.58. The van der Waals surface area contributed by atoms with E-state index in [1.54, 1.807) is 18.4 Å². The summed E-state index contributed by atoms with van der Waals surface area (Å²) in [7, 11) is 1.68. The molecule has 0 spiro atoms. The lowest BCUT2D eigenvalue weighted by Crippen LogP contribution is -2.40. The van der Waals surface area contributed by atoms with Gasteiger partial charge in [-0.05, 0) is 49.7 Å². The standard InChI is InChI=1S/C22H24N4O2S2/c1-28-16-7-5-15(6-8-16)18(25-9-3-2-4-10-25)14-23-20(27)19-13-17-21(30-19)24-22-26(17)11-12-29-22/h5-8,11-13,18H,2-4,9-10,14H2,1H3,(H,23,27). The monoisotopic (exact) mass is 440 g/mol. The molecule has 1 saturated heterocycles. The molecule has 4 aromatic rings. The first-order valence-electron chi connectivity index (χ1n) is 10.2. The molecular weight excluding hydrogens is 416 g/mol. The highest BCUT2D eigenvalue weighted by molar-refractivity contribution is 7.21. The molecule has 1 amide bonds. The molecule has 8 heteroatoms. The maximum absolute atomic E-state index is 12.9. The molecular formula is C22H24N4O2S2. The largest absolute Gasteiger partial charge is 0.497 e. The summed E-state index contributed by atoms with van der Waals surface area (Å²) >= 11 is 3.06. The molecule has 156 valence electrons. The van der Waals surface area contributed by atoms with Crippen molar-refractivity contribution in [1.29, 1.82) is 0 Å². The summed E-state index contributed by atoms with van der Waals surface area (Å²) < 4.78 is 7.35. The van der Waals surface area contributed by atoms with Gasteiger partial charge in [-0.15, -0.1) is 22.7 Å². The maximum Gasteiger partial charge on any atom is 0.261 e. The molecule has 0 bridgehead atoms. The van der Waals surface area contributed by atoms with E-state index in [2.05, 4.69) is 27.3 Å². The van der Waals surface area contributed by atoms with Crippen molar-refractivity contribution in [3.05, 3.63) is 52.3 Å². The van der Waals surface area contributed by atoms with Crippen LogP contribution in [0.15, 0.2) is 41.9 Å². The number of carbonyl (C=O) groups is 1. The molecule has 4 heterocycles. The van der Waals surface area contributed by atoms with Gasteiger partial charge in [-0.1, -0.05) is 18.6 Å². The number of fused-ring (bicyclic) bond motifs is 3. The summed E-state index contributed by atoms with van der Waals surface area (Å²) in [6.07, 6.45) is 5.70. The van der Waals surface area contributed by atoms with Crippen LogP contribution in [0.2, 0.25) is 0 Å². The lowest BCUT2D eigenvalue weighted by molar-refractivity contribution is 0.0928. The van der Waals surface area contributed by atoms with Gasteiger partial charge >= 0.3 is 0 Å². The van der Waals surface area contributed by atoms with Gasteiger partial charge in [0.15, 0.2) is 4.96 Å². The first-order valence-corrected chi connectivity index (χ1v) is 11.9. The van der Waals surface area contributed by atoms with Crippen molar-refractivity contribution in [3.8, 4) is 5.75 Å². The van der Waals surface area contributed by atoms with Crippen molar-refractivity contribution >= 4 is 43.9 Å². The number of benzene rings is 1. The Morgan fingerprint density at radius 3 is 2.80 bits per heavy atom. The molecule has 1 atom stereocenters. The van der Waals surface area contributed by atoms with Gasteiger partial charge in [0, 0.05) is 18.1 Å². The second-order valence-electron chi connectivity index (χ2n) is 7.56. The minimum atomic E-state index is -0.0301. The third-order valence-electron chi connectivity index (χ3n) is 5.75. The van der Waals surface area contributed by atoms with E-state index in [0.29, 0.717) is 11.4 Å². The molecule has 1 N–H and O–H groups in total. The SMILES string of the molecule is COc1ccc(C(CNC(=O)c2cc3c(nc4sccn43)s2)N2CCCCC2)cc1. The number of thiazole rings is 1. The molecule has 1 fully saturated rings. The van der Waals surface area contributed by atoms with Gasteiger partial charge < -0.3 is 10.1 Å². The van der Waals surface area contributed by atoms with Crippen molar-refractivity contribution in [2.24, 2.45) is 0 Å². The van der Waals surface area contributed by atoms with Crippen molar-refractivity contribution in [1.82, 2.24) is 19.6 Å². The molecule has 0 saturated carbocycles. The Hall–Kier alpha value is -2.42. The number of imidazole rings is 1. The van der Waals surface area contributed by atoms with Gasteiger partial charge in [0.1, 0.15) is 10.6 Å². The molecule has 5 rings (SSSR count). The van der Waals surface area contributed by atoms with Crippen LogP contribution in [0.1, 0.15) is 40.5 Å². The number of piperidine rings is 1. The summed E-state index contributed by atoms with van der Waals surface area (Å²) in [6, 6.07) is 10.3. The molecule has 0 radical (unpaired) electrons. The lowest BCUT2D eigenvalue weighted by Gasteiger charge is -2.35. The number of thiophene rings is 1. The molecule has 0 aliphatic carbocycles. The number of carbonyl (C=O) groups excluding carboxylic acids is 1. The zero-order chi connectivity index (χ0) is 20.5. The number of hydrogen-bond acceptors (Lipinski definition) is 6. The van der Waals surface area contributed by atoms with Crippen LogP contribution < -0.4 is 10.1 Å². The molecule has 1 aliphatic rings. The van der Waals surface area contributed by atoms with E-state index in [-0.39, 0.29) is 11.9 Å². The van der Waals surface area contributed by atoms with Gasteiger partial charge in [-0.25, -0.2) is 4.98 Å². The molecule has 1 aromatic carbocycles. The highest BCUT2D eigenvalue weighted by atomic mass is 32.1. The summed E-state index contributed by atoms with van der Waals surface area (Å²) in [5, 5.41) is 5.19. The molecule has 30 heavy (non-hydrogen) atoms. The maximum atomic E-state index is 12.9. The smallest absolute Gasteiger partial charge is 0.261 e. The number of amides is 1. The Morgan fingerprint density at radius 2 is 2.03 bits per heavy atom. The van der Waals surface area contributed by atoms with E-state index in [1.807, 2.05) is 34.2 Å². The van der Waals surface area contributed by atoms with E-state index in [4.69, 9.17) is 4.74 Å². The Bertz CT molecular complexity index is 1160. The quantitative estimate of drug-likeness (QED) is 0.477. The Morgan fingerprint density at radius 1 is 1.23 bits per heavy atom. The van der Waals surface area contributed by atoms with E-state index in [1.165, 1.54) is 36.2 Å². The number of ether oxygens (including phenoxy) is 1. The average Bonchev–Trinajstić information content (AvgIpc) is 3.47. The van der Waals surface area contributed by atoms with Gasteiger partial charge in [0.05, 0.1) is 23.5 Å². The van der Waals surface area contributed by atoms with Crippen LogP contribution in [0.25, 0.3) is 15.3 Å². The lowest BCUT2D eigenvalue weighted by atomic mass is 10.0. The first kappa shape index (κ1) is 19.5. The summed E-state index contributed by atoms with van der Waals surface area (Å²) in [5.41, 5.74) is 2.21. The Balaban J connectivity index is 1.34. The first-order chi connectivity index (χ1) is 14.7. The zero-order valence-electron chi connectivity index (χ0n) is 16.8. The van der Waals surface area contributed by atoms with Crippen LogP contribution in [-0.2, 0) is 0 Å². The van der Waals surface area contributed by atoms with Crippen LogP contribution in [0, 0.1) is 0 Å². The Kier molecular flexibility index (Phi) is 5.45. The average molecular weight is 441 g/mol. The second-order valence-corrected chi connectivity index (χ2v) is 9.47. The van der Waals surface area contributed by atoms with Gasteiger partial charge in [0.2, 0.25) is 0 Å². The van der Waals surface area contributed by atoms with Crippen LogP contribution in [-0.4, -0.2) is 46.9 Å². The fraction of sp³-hybridized carbons (Fsp3) is 0.364. The summed E-state index contributed by atoms with van der Waals surface area (Å²) in [5.74, 6) is 0.819. The number of nitrogens with one attached hydrogen (secondary N) is 1. The summed E-state index contributed by atoms with van der Waals surface area (Å²) in [6.45, 7) is 2.72. The van der Waals surface area contributed by atoms with Crippen molar-refractivity contribution in [2.75, 3.05) is 26.7 Å². The van der Waals surface area contributed by atoms with Crippen LogP contribution >= 0.6 is 22.7 Å². The molecule has 3 aromatic heterocycles. The van der Waals surface area contributed by atoms with Crippen LogP contribution in [0.4, 0.5) is 0 Å². The molecule has 1 unspecified atom stereocenters. The van der Waals surface area contributed by atoms with Crippen molar-refractivity contribution < 1.29 is 9.53 Å². The number of hydrogen-bond donors (Lipinski definition) is 1. The number of rotatable bonds is 6. The van der Waals surface area contributed by atoms with E-state index >= 15 is 0 Å². The summed E-state index contributed by atoms with van der Waals surface area (Å²) in [4.78, 5) is 22.6. The van der Waals surface area contributed by atoms with Crippen LogP contribution in [0.3, 0.4) is 0 Å².